The molecular formula is C19H25N3O2. The third-order valence-electron chi connectivity index (χ3n) is 5.08. The first-order valence-electron chi connectivity index (χ1n) is 8.94. The first kappa shape index (κ1) is 15.8. The molecule has 2 aromatic rings. The smallest absolute Gasteiger partial charge is 0.229 e. The Morgan fingerprint density at radius 2 is 1.96 bits per heavy atom. The highest BCUT2D eigenvalue weighted by Gasteiger charge is 2.34. The third kappa shape index (κ3) is 3.23. The maximum Gasteiger partial charge on any atom is 0.229 e. The van der Waals surface area contributed by atoms with Gasteiger partial charge in [-0.05, 0) is 51.6 Å². The summed E-state index contributed by atoms with van der Waals surface area (Å²) in [5.74, 6) is 2.08. The van der Waals surface area contributed by atoms with E-state index in [1.165, 1.54) is 24.0 Å². The first-order chi connectivity index (χ1) is 11.6. The molecule has 1 N–H and O–H groups in total. The monoisotopic (exact) mass is 327 g/mol. The Balaban J connectivity index is 1.47. The van der Waals surface area contributed by atoms with Gasteiger partial charge in [-0.3, -0.25) is 4.90 Å². The van der Waals surface area contributed by atoms with Crippen LogP contribution in [0.1, 0.15) is 72.2 Å². The lowest BCUT2D eigenvalue weighted by Gasteiger charge is -2.25. The van der Waals surface area contributed by atoms with E-state index in [-0.39, 0.29) is 6.04 Å². The van der Waals surface area contributed by atoms with Crippen LogP contribution in [-0.2, 0) is 0 Å². The number of nitrogens with zero attached hydrogens (tertiary/aromatic N) is 3. The maximum atomic E-state index is 10.7. The molecule has 2 atom stereocenters. The summed E-state index contributed by atoms with van der Waals surface area (Å²) in [6.07, 6.45) is 3.99. The normalized spacial score (nSPS) is 22.9. The van der Waals surface area contributed by atoms with Crippen LogP contribution < -0.4 is 0 Å². The molecule has 1 aromatic carbocycles. The molecule has 1 aliphatic carbocycles. The molecule has 5 heteroatoms. The van der Waals surface area contributed by atoms with Crippen LogP contribution in [0.3, 0.4) is 0 Å². The summed E-state index contributed by atoms with van der Waals surface area (Å²) in [6, 6.07) is 6.44. The van der Waals surface area contributed by atoms with E-state index < -0.39 is 6.10 Å². The average molecular weight is 327 g/mol. The number of hydrogen-bond acceptors (Lipinski definition) is 5. The highest BCUT2D eigenvalue weighted by atomic mass is 16.5. The molecule has 24 heavy (non-hydrogen) atoms. The number of likely N-dealkylation sites (tertiary alicyclic amines) is 1. The van der Waals surface area contributed by atoms with Crippen molar-refractivity contribution in [3.05, 3.63) is 46.6 Å². The van der Waals surface area contributed by atoms with E-state index in [0.29, 0.717) is 12.5 Å². The standard InChI is InChI=1S/C19H25N3O2/c1-12-8-13(2)10-15(9-12)17(23)11-22-7-3-4-16(22)18-20-19(24-21-18)14-5-6-14/h8-10,14,16-17,23H,3-7,11H2,1-2H3. The van der Waals surface area contributed by atoms with Crippen molar-refractivity contribution in [2.24, 2.45) is 0 Å². The second-order valence-corrected chi connectivity index (χ2v) is 7.35. The minimum absolute atomic E-state index is 0.168. The van der Waals surface area contributed by atoms with Crippen LogP contribution in [-0.4, -0.2) is 33.2 Å². The van der Waals surface area contributed by atoms with Gasteiger partial charge in [0.1, 0.15) is 0 Å². The lowest BCUT2D eigenvalue weighted by Crippen LogP contribution is -2.29. The number of hydrogen-bond donors (Lipinski definition) is 1. The van der Waals surface area contributed by atoms with E-state index in [0.717, 1.165) is 36.7 Å². The van der Waals surface area contributed by atoms with Gasteiger partial charge in [0.05, 0.1) is 12.1 Å². The zero-order valence-corrected chi connectivity index (χ0v) is 14.4. The van der Waals surface area contributed by atoms with Gasteiger partial charge in [-0.25, -0.2) is 0 Å². The van der Waals surface area contributed by atoms with Crippen LogP contribution in [0.2, 0.25) is 0 Å². The molecule has 2 aliphatic rings. The largest absolute Gasteiger partial charge is 0.387 e. The van der Waals surface area contributed by atoms with Crippen LogP contribution in [0.15, 0.2) is 22.7 Å². The number of aromatic nitrogens is 2. The number of β-amino-alcohol motifs (C(OH)–C–C–N with tert-alkyl or cyclic N) is 1. The lowest BCUT2D eigenvalue weighted by atomic mass is 10.0. The predicted octanol–water partition coefficient (Wildman–Crippen LogP) is 3.43. The Morgan fingerprint density at radius 3 is 2.67 bits per heavy atom. The Labute approximate surface area is 142 Å². The molecule has 2 fully saturated rings. The summed E-state index contributed by atoms with van der Waals surface area (Å²) in [5, 5.41) is 14.9. The average Bonchev–Trinajstić information content (AvgIpc) is 3.09. The molecule has 0 bridgehead atoms. The van der Waals surface area contributed by atoms with Crippen molar-refractivity contribution < 1.29 is 9.63 Å². The number of aliphatic hydroxyl groups excluding tert-OH is 1. The summed E-state index contributed by atoms with van der Waals surface area (Å²) >= 11 is 0. The fourth-order valence-corrected chi connectivity index (χ4v) is 3.75. The summed E-state index contributed by atoms with van der Waals surface area (Å²) in [7, 11) is 0. The van der Waals surface area contributed by atoms with Crippen LogP contribution >= 0.6 is 0 Å². The van der Waals surface area contributed by atoms with Crippen molar-refractivity contribution in [3.63, 3.8) is 0 Å². The van der Waals surface area contributed by atoms with Gasteiger partial charge < -0.3 is 9.63 Å². The third-order valence-corrected chi connectivity index (χ3v) is 5.08. The Bertz CT molecular complexity index is 703. The zero-order chi connectivity index (χ0) is 16.7. The van der Waals surface area contributed by atoms with Crippen LogP contribution in [0.5, 0.6) is 0 Å². The van der Waals surface area contributed by atoms with Crippen molar-refractivity contribution in [3.8, 4) is 0 Å². The fourth-order valence-electron chi connectivity index (χ4n) is 3.75. The molecule has 1 aliphatic heterocycles. The minimum Gasteiger partial charge on any atom is -0.387 e. The lowest BCUT2D eigenvalue weighted by molar-refractivity contribution is 0.103. The minimum atomic E-state index is -0.487. The molecule has 1 saturated carbocycles. The predicted molar refractivity (Wildman–Crippen MR) is 90.7 cm³/mol. The molecule has 1 aromatic heterocycles. The van der Waals surface area contributed by atoms with Crippen molar-refractivity contribution >= 4 is 0 Å². The van der Waals surface area contributed by atoms with Crippen LogP contribution in [0.4, 0.5) is 0 Å². The van der Waals surface area contributed by atoms with Gasteiger partial charge in [-0.2, -0.15) is 4.98 Å². The van der Waals surface area contributed by atoms with Gasteiger partial charge >= 0.3 is 0 Å². The van der Waals surface area contributed by atoms with E-state index in [9.17, 15) is 5.11 Å². The van der Waals surface area contributed by atoms with Crippen molar-refractivity contribution in [1.82, 2.24) is 15.0 Å². The summed E-state index contributed by atoms with van der Waals surface area (Å²) in [4.78, 5) is 6.91. The summed E-state index contributed by atoms with van der Waals surface area (Å²) < 4.78 is 5.42. The fraction of sp³-hybridized carbons (Fsp3) is 0.579. The number of benzene rings is 1. The highest BCUT2D eigenvalue weighted by molar-refractivity contribution is 5.30. The van der Waals surface area contributed by atoms with E-state index in [4.69, 9.17) is 4.52 Å². The number of aliphatic hydroxyl groups is 1. The Kier molecular flexibility index (Phi) is 4.14. The van der Waals surface area contributed by atoms with Crippen LogP contribution in [0.25, 0.3) is 0 Å². The maximum absolute atomic E-state index is 10.7. The van der Waals surface area contributed by atoms with Gasteiger partial charge in [0.2, 0.25) is 5.89 Å². The number of aryl methyl sites for hydroxylation is 2. The Hall–Kier alpha value is -1.72. The van der Waals surface area contributed by atoms with E-state index in [1.807, 2.05) is 0 Å². The van der Waals surface area contributed by atoms with Gasteiger partial charge in [0, 0.05) is 12.5 Å². The molecule has 1 saturated heterocycles. The summed E-state index contributed by atoms with van der Waals surface area (Å²) in [6.45, 7) is 5.72. The van der Waals surface area contributed by atoms with Gasteiger partial charge in [-0.1, -0.05) is 34.5 Å². The Morgan fingerprint density at radius 1 is 1.21 bits per heavy atom. The number of rotatable bonds is 5. The molecule has 2 unspecified atom stereocenters. The van der Waals surface area contributed by atoms with Crippen molar-refractivity contribution in [2.75, 3.05) is 13.1 Å². The molecule has 2 heterocycles. The van der Waals surface area contributed by atoms with E-state index in [1.54, 1.807) is 0 Å². The molecule has 128 valence electrons. The molecule has 4 rings (SSSR count). The molecule has 5 nitrogen and oxygen atoms in total. The highest BCUT2D eigenvalue weighted by Crippen LogP contribution is 2.40. The second-order valence-electron chi connectivity index (χ2n) is 7.35. The van der Waals surface area contributed by atoms with Crippen molar-refractivity contribution in [1.29, 1.82) is 0 Å². The molecule has 0 radical (unpaired) electrons. The van der Waals surface area contributed by atoms with Crippen molar-refractivity contribution in [2.45, 2.75) is 57.6 Å². The van der Waals surface area contributed by atoms with Gasteiger partial charge in [-0.15, -0.1) is 0 Å². The first-order valence-corrected chi connectivity index (χ1v) is 8.94. The quantitative estimate of drug-likeness (QED) is 0.911. The SMILES string of the molecule is Cc1cc(C)cc(C(O)CN2CCCC2c2noc(C3CC3)n2)c1. The van der Waals surface area contributed by atoms with E-state index in [2.05, 4.69) is 47.1 Å². The van der Waals surface area contributed by atoms with Gasteiger partial charge in [0.15, 0.2) is 5.82 Å². The van der Waals surface area contributed by atoms with Gasteiger partial charge in [0.25, 0.3) is 0 Å². The summed E-state index contributed by atoms with van der Waals surface area (Å²) in [5.41, 5.74) is 3.37. The second kappa shape index (κ2) is 6.30. The van der Waals surface area contributed by atoms with E-state index >= 15 is 0 Å². The van der Waals surface area contributed by atoms with Crippen LogP contribution in [0, 0.1) is 13.8 Å². The molecule has 0 spiro atoms. The molecular weight excluding hydrogens is 302 g/mol. The molecule has 0 amide bonds. The topological polar surface area (TPSA) is 62.4 Å². The zero-order valence-electron chi connectivity index (χ0n) is 14.4.